The maximum absolute atomic E-state index is 13.2. The molecule has 1 aliphatic heterocycles. The number of benzene rings is 1. The van der Waals surface area contributed by atoms with Crippen LogP contribution in [0, 0.1) is 21.4 Å². The summed E-state index contributed by atoms with van der Waals surface area (Å²) >= 11 is 0. The molecule has 0 amide bonds. The van der Waals surface area contributed by atoms with E-state index >= 15 is 0 Å². The Morgan fingerprint density at radius 2 is 1.80 bits per heavy atom. The molecule has 0 aliphatic carbocycles. The van der Waals surface area contributed by atoms with Crippen LogP contribution in [0.1, 0.15) is 11.1 Å². The van der Waals surface area contributed by atoms with Gasteiger partial charge in [-0.3, -0.25) is 10.1 Å². The molecule has 0 radical (unpaired) electrons. The first-order chi connectivity index (χ1) is 14.1. The number of nitrogens with zero attached hydrogens (tertiary/aromatic N) is 5. The number of halogens is 3. The lowest BCUT2D eigenvalue weighted by Gasteiger charge is -2.35. The van der Waals surface area contributed by atoms with Crippen molar-refractivity contribution in [3.63, 3.8) is 0 Å². The largest absolute Gasteiger partial charge is 0.417 e. The van der Waals surface area contributed by atoms with Crippen LogP contribution in [0.3, 0.4) is 0 Å². The van der Waals surface area contributed by atoms with Gasteiger partial charge in [-0.15, -0.1) is 0 Å². The maximum atomic E-state index is 13.2. The van der Waals surface area contributed by atoms with Gasteiger partial charge in [0, 0.05) is 32.2 Å². The highest BCUT2D eigenvalue weighted by Crippen LogP contribution is 2.35. The third-order valence-electron chi connectivity index (χ3n) is 4.53. The van der Waals surface area contributed by atoms with Gasteiger partial charge in [-0.05, 0) is 12.1 Å². The zero-order chi connectivity index (χ0) is 22.1. The average Bonchev–Trinajstić information content (AvgIpc) is 2.72. The number of rotatable bonds is 4. The Morgan fingerprint density at radius 3 is 2.37 bits per heavy atom. The van der Waals surface area contributed by atoms with Crippen LogP contribution in [0.5, 0.6) is 0 Å². The van der Waals surface area contributed by atoms with Crippen molar-refractivity contribution in [3.05, 3.63) is 57.8 Å². The van der Waals surface area contributed by atoms with Crippen molar-refractivity contribution < 1.29 is 26.5 Å². The SMILES string of the molecule is N#Cc1cc([N+](=O)[O-])cnc1N1CCN(S(=O)(=O)c2ccccc2C(F)(F)F)CC1. The summed E-state index contributed by atoms with van der Waals surface area (Å²) in [6, 6.07) is 6.83. The predicted octanol–water partition coefficient (Wildman–Crippen LogP) is 2.39. The number of hydrogen-bond acceptors (Lipinski definition) is 7. The summed E-state index contributed by atoms with van der Waals surface area (Å²) in [7, 11) is -4.40. The summed E-state index contributed by atoms with van der Waals surface area (Å²) in [4.78, 5) is 14.8. The Kier molecular flexibility index (Phi) is 5.64. The van der Waals surface area contributed by atoms with E-state index in [1.54, 1.807) is 4.90 Å². The molecule has 9 nitrogen and oxygen atoms in total. The summed E-state index contributed by atoms with van der Waals surface area (Å²) in [5.74, 6) is 0.149. The fourth-order valence-corrected chi connectivity index (χ4v) is 4.72. The number of hydrogen-bond donors (Lipinski definition) is 0. The van der Waals surface area contributed by atoms with Crippen LogP contribution >= 0.6 is 0 Å². The monoisotopic (exact) mass is 441 g/mol. The number of anilines is 1. The quantitative estimate of drug-likeness (QED) is 0.528. The summed E-state index contributed by atoms with van der Waals surface area (Å²) in [5.41, 5.74) is -1.65. The molecule has 0 unspecified atom stereocenters. The number of sulfonamides is 1. The van der Waals surface area contributed by atoms with Gasteiger partial charge in [-0.2, -0.15) is 22.7 Å². The molecule has 0 atom stereocenters. The topological polar surface area (TPSA) is 120 Å². The second-order valence-corrected chi connectivity index (χ2v) is 8.23. The van der Waals surface area contributed by atoms with E-state index in [1.165, 1.54) is 6.07 Å². The molecule has 158 valence electrons. The fraction of sp³-hybridized carbons (Fsp3) is 0.294. The third kappa shape index (κ3) is 4.05. The average molecular weight is 441 g/mol. The zero-order valence-electron chi connectivity index (χ0n) is 15.2. The highest BCUT2D eigenvalue weighted by Gasteiger charge is 2.39. The lowest BCUT2D eigenvalue weighted by Crippen LogP contribution is -2.49. The van der Waals surface area contributed by atoms with Gasteiger partial charge < -0.3 is 4.90 Å². The van der Waals surface area contributed by atoms with E-state index in [1.807, 2.05) is 6.07 Å². The fourth-order valence-electron chi connectivity index (χ4n) is 3.09. The normalized spacial score (nSPS) is 15.6. The first-order valence-corrected chi connectivity index (χ1v) is 9.95. The van der Waals surface area contributed by atoms with Crippen molar-refractivity contribution in [2.75, 3.05) is 31.1 Å². The van der Waals surface area contributed by atoms with E-state index in [2.05, 4.69) is 4.98 Å². The van der Waals surface area contributed by atoms with Gasteiger partial charge >= 0.3 is 6.18 Å². The van der Waals surface area contributed by atoms with Crippen LogP contribution in [0.4, 0.5) is 24.7 Å². The first-order valence-electron chi connectivity index (χ1n) is 8.51. The van der Waals surface area contributed by atoms with E-state index in [-0.39, 0.29) is 43.2 Å². The molecule has 1 aromatic heterocycles. The van der Waals surface area contributed by atoms with Crippen LogP contribution in [-0.4, -0.2) is 48.8 Å². The van der Waals surface area contributed by atoms with E-state index in [0.29, 0.717) is 6.07 Å². The summed E-state index contributed by atoms with van der Waals surface area (Å²) < 4.78 is 66.2. The Labute approximate surface area is 169 Å². The molecule has 3 rings (SSSR count). The Morgan fingerprint density at radius 1 is 1.17 bits per heavy atom. The minimum absolute atomic E-state index is 0.0485. The highest BCUT2D eigenvalue weighted by molar-refractivity contribution is 7.89. The molecule has 0 N–H and O–H groups in total. The maximum Gasteiger partial charge on any atom is 0.417 e. The van der Waals surface area contributed by atoms with Crippen molar-refractivity contribution in [2.24, 2.45) is 0 Å². The summed E-state index contributed by atoms with van der Waals surface area (Å²) in [6.07, 6.45) is -3.84. The molecule has 0 saturated carbocycles. The van der Waals surface area contributed by atoms with Crippen LogP contribution in [-0.2, 0) is 16.2 Å². The van der Waals surface area contributed by atoms with Gasteiger partial charge in [0.15, 0.2) is 0 Å². The number of nitro groups is 1. The number of nitriles is 1. The van der Waals surface area contributed by atoms with E-state index in [4.69, 9.17) is 0 Å². The number of aromatic nitrogens is 1. The Balaban J connectivity index is 1.83. The van der Waals surface area contributed by atoms with Crippen molar-refractivity contribution >= 4 is 21.5 Å². The molecular weight excluding hydrogens is 427 g/mol. The van der Waals surface area contributed by atoms with Crippen LogP contribution < -0.4 is 4.90 Å². The van der Waals surface area contributed by atoms with E-state index < -0.39 is 31.6 Å². The molecular formula is C17H14F3N5O4S. The van der Waals surface area contributed by atoms with E-state index in [9.17, 15) is 37.0 Å². The van der Waals surface area contributed by atoms with Crippen LogP contribution in [0.15, 0.2) is 41.4 Å². The second-order valence-electron chi connectivity index (χ2n) is 6.32. The van der Waals surface area contributed by atoms with Gasteiger partial charge in [0.25, 0.3) is 5.69 Å². The molecule has 13 heteroatoms. The van der Waals surface area contributed by atoms with Crippen molar-refractivity contribution in [1.82, 2.24) is 9.29 Å². The van der Waals surface area contributed by atoms with E-state index in [0.717, 1.165) is 28.7 Å². The number of alkyl halides is 3. The molecule has 2 heterocycles. The lowest BCUT2D eigenvalue weighted by atomic mass is 10.2. The Hall–Kier alpha value is -3.24. The molecule has 30 heavy (non-hydrogen) atoms. The van der Waals surface area contributed by atoms with Gasteiger partial charge in [-0.25, -0.2) is 13.4 Å². The first kappa shape index (κ1) is 21.5. The Bertz CT molecular complexity index is 1120. The molecule has 0 bridgehead atoms. The van der Waals surface area contributed by atoms with Gasteiger partial charge in [-0.1, -0.05) is 12.1 Å². The van der Waals surface area contributed by atoms with Crippen LogP contribution in [0.2, 0.25) is 0 Å². The second kappa shape index (κ2) is 7.88. The minimum atomic E-state index is -4.82. The smallest absolute Gasteiger partial charge is 0.353 e. The number of pyridine rings is 1. The molecule has 1 aliphatic rings. The summed E-state index contributed by atoms with van der Waals surface area (Å²) in [6.45, 7) is -0.185. The van der Waals surface area contributed by atoms with Crippen molar-refractivity contribution in [1.29, 1.82) is 5.26 Å². The van der Waals surface area contributed by atoms with Crippen molar-refractivity contribution in [2.45, 2.75) is 11.1 Å². The molecule has 1 aromatic carbocycles. The van der Waals surface area contributed by atoms with Crippen molar-refractivity contribution in [3.8, 4) is 6.07 Å². The highest BCUT2D eigenvalue weighted by atomic mass is 32.2. The van der Waals surface area contributed by atoms with Gasteiger partial charge in [0.2, 0.25) is 10.0 Å². The molecule has 1 fully saturated rings. The van der Waals surface area contributed by atoms with Gasteiger partial charge in [0.05, 0.1) is 15.4 Å². The van der Waals surface area contributed by atoms with Crippen LogP contribution in [0.25, 0.3) is 0 Å². The minimum Gasteiger partial charge on any atom is -0.353 e. The molecule has 0 spiro atoms. The number of piperazine rings is 1. The predicted molar refractivity (Wildman–Crippen MR) is 98.0 cm³/mol. The lowest BCUT2D eigenvalue weighted by molar-refractivity contribution is -0.385. The summed E-state index contributed by atoms with van der Waals surface area (Å²) in [5, 5.41) is 20.1. The zero-order valence-corrected chi connectivity index (χ0v) is 16.0. The van der Waals surface area contributed by atoms with Gasteiger partial charge in [0.1, 0.15) is 23.6 Å². The molecule has 2 aromatic rings. The molecule has 1 saturated heterocycles. The third-order valence-corrected chi connectivity index (χ3v) is 6.49. The standard InChI is InChI=1S/C17H14F3N5O4S/c18-17(19,20)14-3-1-2-4-15(14)30(28,29)24-7-5-23(6-8-24)16-12(10-21)9-13(11-22-16)25(26)27/h1-4,9,11H,5-8H2.